The highest BCUT2D eigenvalue weighted by Crippen LogP contribution is 2.19. The van der Waals surface area contributed by atoms with Gasteiger partial charge in [-0.05, 0) is 36.1 Å². The third-order valence-corrected chi connectivity index (χ3v) is 5.71. The summed E-state index contributed by atoms with van der Waals surface area (Å²) >= 11 is 0. The van der Waals surface area contributed by atoms with E-state index in [1.165, 1.54) is 20.3 Å². The van der Waals surface area contributed by atoms with Crippen molar-refractivity contribution in [3.63, 3.8) is 0 Å². The summed E-state index contributed by atoms with van der Waals surface area (Å²) in [5, 5.41) is 0. The summed E-state index contributed by atoms with van der Waals surface area (Å²) in [5.41, 5.74) is 4.06. The molecule has 0 N–H and O–H groups in total. The van der Waals surface area contributed by atoms with Gasteiger partial charge in [0.05, 0.1) is 25.2 Å². The van der Waals surface area contributed by atoms with Gasteiger partial charge < -0.3 is 9.30 Å². The highest BCUT2D eigenvalue weighted by molar-refractivity contribution is 5.72. The number of hydrogen-bond donors (Lipinski definition) is 0. The molecule has 0 aliphatic heterocycles. The van der Waals surface area contributed by atoms with Gasteiger partial charge in [0.15, 0.2) is 11.2 Å². The summed E-state index contributed by atoms with van der Waals surface area (Å²) < 4.78 is 9.70. The number of aryl methyl sites for hydroxylation is 1. The molecule has 7 heteroatoms. The fourth-order valence-corrected chi connectivity index (χ4v) is 3.81. The molecule has 0 fully saturated rings. The van der Waals surface area contributed by atoms with E-state index in [0.29, 0.717) is 29.3 Å². The van der Waals surface area contributed by atoms with Crippen LogP contribution < -0.4 is 11.2 Å². The quantitative estimate of drug-likeness (QED) is 0.448. The number of fused-ring (bicyclic) bond motifs is 1. The molecule has 2 aromatic carbocycles. The SMILES string of the molecule is COCCn1c(=O)c2c(ncn2Cc2ccc(C)cc2)n(-c2ccc(C(C)C)cc2)c1=O. The molecule has 0 saturated carbocycles. The Morgan fingerprint density at radius 1 is 1.00 bits per heavy atom. The molecule has 0 aliphatic carbocycles. The normalized spacial score (nSPS) is 11.5. The molecule has 166 valence electrons. The Bertz CT molecular complexity index is 1340. The summed E-state index contributed by atoms with van der Waals surface area (Å²) in [4.78, 5) is 31.2. The van der Waals surface area contributed by atoms with E-state index in [-0.39, 0.29) is 18.7 Å². The van der Waals surface area contributed by atoms with Crippen LogP contribution in [0.3, 0.4) is 0 Å². The van der Waals surface area contributed by atoms with Crippen molar-refractivity contribution in [2.75, 3.05) is 13.7 Å². The molecule has 4 aromatic rings. The number of benzene rings is 2. The van der Waals surface area contributed by atoms with E-state index in [0.717, 1.165) is 5.56 Å². The molecule has 0 aliphatic rings. The Kier molecular flexibility index (Phi) is 6.10. The summed E-state index contributed by atoms with van der Waals surface area (Å²) in [6, 6.07) is 16.0. The Hall–Kier alpha value is -3.45. The zero-order valence-electron chi connectivity index (χ0n) is 18.9. The summed E-state index contributed by atoms with van der Waals surface area (Å²) in [6.45, 7) is 7.20. The van der Waals surface area contributed by atoms with E-state index in [9.17, 15) is 9.59 Å². The maximum Gasteiger partial charge on any atom is 0.337 e. The second kappa shape index (κ2) is 8.96. The molecule has 0 amide bonds. The van der Waals surface area contributed by atoms with Gasteiger partial charge in [0.2, 0.25) is 0 Å². The first kappa shape index (κ1) is 21.8. The smallest absolute Gasteiger partial charge is 0.337 e. The van der Waals surface area contributed by atoms with Crippen molar-refractivity contribution < 1.29 is 4.74 Å². The highest BCUT2D eigenvalue weighted by Gasteiger charge is 2.19. The molecule has 2 heterocycles. The lowest BCUT2D eigenvalue weighted by molar-refractivity contribution is 0.184. The van der Waals surface area contributed by atoms with Crippen molar-refractivity contribution in [3.8, 4) is 5.69 Å². The Morgan fingerprint density at radius 3 is 2.31 bits per heavy atom. The molecule has 0 spiro atoms. The summed E-state index contributed by atoms with van der Waals surface area (Å²) in [5.74, 6) is 0.380. The first-order valence-corrected chi connectivity index (χ1v) is 10.8. The minimum absolute atomic E-state index is 0.171. The lowest BCUT2D eigenvalue weighted by atomic mass is 10.0. The number of aromatic nitrogens is 4. The van der Waals surface area contributed by atoms with Gasteiger partial charge >= 0.3 is 5.69 Å². The number of nitrogens with zero attached hydrogens (tertiary/aromatic N) is 4. The van der Waals surface area contributed by atoms with Crippen molar-refractivity contribution in [1.82, 2.24) is 18.7 Å². The van der Waals surface area contributed by atoms with Crippen LogP contribution in [0.15, 0.2) is 64.4 Å². The van der Waals surface area contributed by atoms with Gasteiger partial charge in [-0.2, -0.15) is 0 Å². The molecule has 0 bridgehead atoms. The van der Waals surface area contributed by atoms with Crippen molar-refractivity contribution in [2.24, 2.45) is 0 Å². The first-order valence-electron chi connectivity index (χ1n) is 10.8. The van der Waals surface area contributed by atoms with Gasteiger partial charge in [0.25, 0.3) is 5.56 Å². The predicted octanol–water partition coefficient (Wildman–Crippen LogP) is 3.48. The van der Waals surface area contributed by atoms with Gasteiger partial charge in [-0.25, -0.2) is 14.3 Å². The Morgan fingerprint density at radius 2 is 1.69 bits per heavy atom. The van der Waals surface area contributed by atoms with Crippen LogP contribution in [-0.4, -0.2) is 32.4 Å². The van der Waals surface area contributed by atoms with Crippen LogP contribution >= 0.6 is 0 Å². The molecule has 0 radical (unpaired) electrons. The molecule has 4 rings (SSSR count). The molecule has 32 heavy (non-hydrogen) atoms. The van der Waals surface area contributed by atoms with Crippen LogP contribution in [0.2, 0.25) is 0 Å². The van der Waals surface area contributed by atoms with E-state index >= 15 is 0 Å². The number of methoxy groups -OCH3 is 1. The average molecular weight is 433 g/mol. The second-order valence-corrected chi connectivity index (χ2v) is 8.34. The Labute approximate surface area is 186 Å². The number of imidazole rings is 1. The van der Waals surface area contributed by atoms with Crippen LogP contribution in [0.25, 0.3) is 16.9 Å². The topological polar surface area (TPSA) is 71.1 Å². The van der Waals surface area contributed by atoms with Crippen molar-refractivity contribution in [2.45, 2.75) is 39.8 Å². The number of ether oxygens (including phenoxy) is 1. The molecule has 2 aromatic heterocycles. The molecule has 0 unspecified atom stereocenters. The van der Waals surface area contributed by atoms with Crippen molar-refractivity contribution >= 4 is 11.2 Å². The maximum atomic E-state index is 13.4. The fourth-order valence-electron chi connectivity index (χ4n) is 3.81. The van der Waals surface area contributed by atoms with Gasteiger partial charge in [-0.15, -0.1) is 0 Å². The largest absolute Gasteiger partial charge is 0.383 e. The molecular formula is C25H28N4O3. The van der Waals surface area contributed by atoms with Crippen LogP contribution in [0, 0.1) is 6.92 Å². The van der Waals surface area contributed by atoms with Crippen LogP contribution in [0.1, 0.15) is 36.5 Å². The molecule has 7 nitrogen and oxygen atoms in total. The van der Waals surface area contributed by atoms with Gasteiger partial charge in [0, 0.05) is 13.7 Å². The van der Waals surface area contributed by atoms with E-state index in [1.807, 2.05) is 60.0 Å². The minimum atomic E-state index is -0.419. The summed E-state index contributed by atoms with van der Waals surface area (Å²) in [6.07, 6.45) is 1.63. The van der Waals surface area contributed by atoms with E-state index < -0.39 is 5.69 Å². The minimum Gasteiger partial charge on any atom is -0.383 e. The van der Waals surface area contributed by atoms with Crippen LogP contribution in [0.5, 0.6) is 0 Å². The molecule has 0 atom stereocenters. The zero-order chi connectivity index (χ0) is 22.8. The lowest BCUT2D eigenvalue weighted by Crippen LogP contribution is -2.41. The van der Waals surface area contributed by atoms with E-state index in [1.54, 1.807) is 13.4 Å². The maximum absolute atomic E-state index is 13.4. The zero-order valence-corrected chi connectivity index (χ0v) is 18.9. The Balaban J connectivity index is 1.92. The van der Waals surface area contributed by atoms with E-state index in [2.05, 4.69) is 18.8 Å². The number of hydrogen-bond acceptors (Lipinski definition) is 4. The monoisotopic (exact) mass is 432 g/mol. The third-order valence-electron chi connectivity index (χ3n) is 5.71. The van der Waals surface area contributed by atoms with Gasteiger partial charge in [-0.3, -0.25) is 9.36 Å². The van der Waals surface area contributed by atoms with Gasteiger partial charge in [0.1, 0.15) is 0 Å². The lowest BCUT2D eigenvalue weighted by Gasteiger charge is -2.13. The highest BCUT2D eigenvalue weighted by atomic mass is 16.5. The fraction of sp³-hybridized carbons (Fsp3) is 0.320. The third kappa shape index (κ3) is 4.03. The predicted molar refractivity (Wildman–Crippen MR) is 126 cm³/mol. The van der Waals surface area contributed by atoms with Crippen molar-refractivity contribution in [1.29, 1.82) is 0 Å². The van der Waals surface area contributed by atoms with Gasteiger partial charge in [-0.1, -0.05) is 55.8 Å². The number of rotatable bonds is 7. The molecular weight excluding hydrogens is 404 g/mol. The average Bonchev–Trinajstić information content (AvgIpc) is 3.19. The summed E-state index contributed by atoms with van der Waals surface area (Å²) in [7, 11) is 1.55. The molecule has 0 saturated heterocycles. The van der Waals surface area contributed by atoms with Crippen LogP contribution in [0.4, 0.5) is 0 Å². The van der Waals surface area contributed by atoms with E-state index in [4.69, 9.17) is 4.74 Å². The first-order chi connectivity index (χ1) is 15.4. The standard InChI is InChI=1S/C25H28N4O3/c1-17(2)20-9-11-21(12-10-20)29-23-22(24(30)28(25(29)31)13-14-32-4)27(16-26-23)15-19-7-5-18(3)6-8-19/h5-12,16-17H,13-15H2,1-4H3. The second-order valence-electron chi connectivity index (χ2n) is 8.34. The van der Waals surface area contributed by atoms with Crippen molar-refractivity contribution in [3.05, 3.63) is 92.4 Å². The van der Waals surface area contributed by atoms with Crippen LogP contribution in [-0.2, 0) is 17.8 Å².